The van der Waals surface area contributed by atoms with E-state index in [0.29, 0.717) is 13.2 Å². The Hall–Kier alpha value is -3.47. The van der Waals surface area contributed by atoms with Crippen LogP contribution in [0, 0.1) is 13.8 Å². The number of pyridine rings is 1. The fraction of sp³-hybridized carbons (Fsp3) is 0.296. The molecule has 0 N–H and O–H groups in total. The van der Waals surface area contributed by atoms with Crippen molar-refractivity contribution in [2.75, 3.05) is 24.7 Å². The molecule has 0 aliphatic carbocycles. The van der Waals surface area contributed by atoms with Crippen molar-refractivity contribution in [2.24, 2.45) is 0 Å². The van der Waals surface area contributed by atoms with E-state index in [2.05, 4.69) is 65.8 Å². The number of aromatic nitrogens is 2. The standard InChI is InChI=1S/C27H27N3O2/c1-18-19(2)30(16-20-7-8-24-25(15-20)32-14-13-31-24)27-23(9-11-28-26(18)27)29-12-10-21-5-3-4-6-22(21)17-29/h3-9,11,15H,10,12-14,16-17H2,1-2H3. The van der Waals surface area contributed by atoms with Crippen molar-refractivity contribution in [2.45, 2.75) is 33.4 Å². The van der Waals surface area contributed by atoms with Crippen LogP contribution in [0.25, 0.3) is 11.0 Å². The summed E-state index contributed by atoms with van der Waals surface area (Å²) in [5.74, 6) is 1.67. The van der Waals surface area contributed by atoms with Gasteiger partial charge < -0.3 is 18.9 Å². The van der Waals surface area contributed by atoms with Gasteiger partial charge in [0.25, 0.3) is 0 Å². The first-order chi connectivity index (χ1) is 15.7. The lowest BCUT2D eigenvalue weighted by atomic mass is 9.99. The molecular weight excluding hydrogens is 398 g/mol. The molecule has 0 bridgehead atoms. The zero-order valence-corrected chi connectivity index (χ0v) is 18.6. The monoisotopic (exact) mass is 425 g/mol. The van der Waals surface area contributed by atoms with Crippen LogP contribution in [0.15, 0.2) is 54.7 Å². The third kappa shape index (κ3) is 3.11. The quantitative estimate of drug-likeness (QED) is 0.461. The Morgan fingerprint density at radius 1 is 0.938 bits per heavy atom. The summed E-state index contributed by atoms with van der Waals surface area (Å²) in [5, 5.41) is 0. The predicted molar refractivity (Wildman–Crippen MR) is 127 cm³/mol. The fourth-order valence-corrected chi connectivity index (χ4v) is 5.05. The molecule has 2 aliphatic rings. The lowest BCUT2D eigenvalue weighted by molar-refractivity contribution is 0.171. The highest BCUT2D eigenvalue weighted by Gasteiger charge is 2.23. The van der Waals surface area contributed by atoms with Crippen LogP contribution >= 0.6 is 0 Å². The molecule has 0 saturated carbocycles. The van der Waals surface area contributed by atoms with Crippen LogP contribution in [0.3, 0.4) is 0 Å². The Kier molecular flexibility index (Phi) is 4.56. The van der Waals surface area contributed by atoms with Gasteiger partial charge in [0.05, 0.1) is 16.7 Å². The maximum absolute atomic E-state index is 5.82. The summed E-state index contributed by atoms with van der Waals surface area (Å²) in [6, 6.07) is 17.3. The van der Waals surface area contributed by atoms with Crippen LogP contribution in [0.4, 0.5) is 5.69 Å². The van der Waals surface area contributed by atoms with Gasteiger partial charge in [-0.2, -0.15) is 0 Å². The molecule has 4 aromatic rings. The number of hydrogen-bond acceptors (Lipinski definition) is 4. The molecule has 4 heterocycles. The molecule has 0 fully saturated rings. The second-order valence-electron chi connectivity index (χ2n) is 8.74. The van der Waals surface area contributed by atoms with E-state index in [1.807, 2.05) is 12.3 Å². The largest absolute Gasteiger partial charge is 0.486 e. The van der Waals surface area contributed by atoms with Gasteiger partial charge in [0.2, 0.25) is 0 Å². The van der Waals surface area contributed by atoms with Crippen molar-refractivity contribution in [3.8, 4) is 11.5 Å². The van der Waals surface area contributed by atoms with Gasteiger partial charge in [0.15, 0.2) is 11.5 Å². The molecule has 2 aliphatic heterocycles. The highest BCUT2D eigenvalue weighted by Crippen LogP contribution is 2.36. The maximum Gasteiger partial charge on any atom is 0.161 e. The molecule has 0 amide bonds. The second kappa shape index (κ2) is 7.59. The normalized spacial score (nSPS) is 15.1. The van der Waals surface area contributed by atoms with E-state index in [-0.39, 0.29) is 0 Å². The van der Waals surface area contributed by atoms with Gasteiger partial charge in [0.1, 0.15) is 13.2 Å². The average molecular weight is 426 g/mol. The molecule has 0 spiro atoms. The van der Waals surface area contributed by atoms with Gasteiger partial charge in [-0.05, 0) is 60.7 Å². The summed E-state index contributed by atoms with van der Waals surface area (Å²) in [4.78, 5) is 7.29. The van der Waals surface area contributed by atoms with Crippen molar-refractivity contribution in [1.29, 1.82) is 0 Å². The van der Waals surface area contributed by atoms with Crippen LogP contribution in [-0.2, 0) is 19.5 Å². The summed E-state index contributed by atoms with van der Waals surface area (Å²) in [6.45, 7) is 8.32. The molecule has 0 saturated heterocycles. The van der Waals surface area contributed by atoms with Gasteiger partial charge >= 0.3 is 0 Å². The zero-order valence-electron chi connectivity index (χ0n) is 18.6. The highest BCUT2D eigenvalue weighted by molar-refractivity contribution is 5.92. The molecular formula is C27H27N3O2. The minimum Gasteiger partial charge on any atom is -0.486 e. The van der Waals surface area contributed by atoms with Crippen LogP contribution in [0.5, 0.6) is 11.5 Å². The molecule has 32 heavy (non-hydrogen) atoms. The van der Waals surface area contributed by atoms with Crippen molar-refractivity contribution in [1.82, 2.24) is 9.55 Å². The van der Waals surface area contributed by atoms with Gasteiger partial charge in [-0.15, -0.1) is 0 Å². The molecule has 6 rings (SSSR count). The number of aryl methyl sites for hydroxylation is 1. The molecule has 2 aromatic heterocycles. The molecule has 5 nitrogen and oxygen atoms in total. The molecule has 2 aromatic carbocycles. The van der Waals surface area contributed by atoms with Crippen molar-refractivity contribution < 1.29 is 9.47 Å². The summed E-state index contributed by atoms with van der Waals surface area (Å²) in [7, 11) is 0. The van der Waals surface area contributed by atoms with Gasteiger partial charge in [-0.25, -0.2) is 0 Å². The van der Waals surface area contributed by atoms with E-state index < -0.39 is 0 Å². The number of benzene rings is 2. The second-order valence-corrected chi connectivity index (χ2v) is 8.74. The summed E-state index contributed by atoms with van der Waals surface area (Å²) >= 11 is 0. The fourth-order valence-electron chi connectivity index (χ4n) is 5.05. The third-order valence-electron chi connectivity index (χ3n) is 6.89. The van der Waals surface area contributed by atoms with Crippen LogP contribution in [0.2, 0.25) is 0 Å². The number of rotatable bonds is 3. The van der Waals surface area contributed by atoms with E-state index in [9.17, 15) is 0 Å². The summed E-state index contributed by atoms with van der Waals surface area (Å²) in [6.07, 6.45) is 3.03. The van der Waals surface area contributed by atoms with Crippen molar-refractivity contribution in [3.05, 3.63) is 82.7 Å². The number of ether oxygens (including phenoxy) is 2. The number of anilines is 1. The Bertz CT molecular complexity index is 1320. The van der Waals surface area contributed by atoms with Crippen molar-refractivity contribution in [3.63, 3.8) is 0 Å². The molecule has 0 unspecified atom stereocenters. The molecule has 0 radical (unpaired) electrons. The van der Waals surface area contributed by atoms with Crippen LogP contribution in [-0.4, -0.2) is 29.3 Å². The number of nitrogens with zero attached hydrogens (tertiary/aromatic N) is 3. The Balaban J connectivity index is 1.43. The van der Waals surface area contributed by atoms with E-state index in [4.69, 9.17) is 14.5 Å². The van der Waals surface area contributed by atoms with E-state index >= 15 is 0 Å². The minimum absolute atomic E-state index is 0.603. The Morgan fingerprint density at radius 2 is 1.75 bits per heavy atom. The molecule has 5 heteroatoms. The van der Waals surface area contributed by atoms with E-state index in [1.54, 1.807) is 0 Å². The summed E-state index contributed by atoms with van der Waals surface area (Å²) < 4.78 is 13.9. The predicted octanol–water partition coefficient (Wildman–Crippen LogP) is 5.04. The lowest BCUT2D eigenvalue weighted by Gasteiger charge is -2.31. The topological polar surface area (TPSA) is 39.5 Å². The van der Waals surface area contributed by atoms with Gasteiger partial charge in [0, 0.05) is 31.5 Å². The van der Waals surface area contributed by atoms with Gasteiger partial charge in [-0.3, -0.25) is 4.98 Å². The Labute approximate surface area is 188 Å². The number of hydrogen-bond donors (Lipinski definition) is 0. The lowest BCUT2D eigenvalue weighted by Crippen LogP contribution is -2.30. The first kappa shape index (κ1) is 19.2. The highest BCUT2D eigenvalue weighted by atomic mass is 16.6. The average Bonchev–Trinajstić information content (AvgIpc) is 3.08. The van der Waals surface area contributed by atoms with Gasteiger partial charge in [-0.1, -0.05) is 30.3 Å². The van der Waals surface area contributed by atoms with Crippen LogP contribution < -0.4 is 14.4 Å². The first-order valence-corrected chi connectivity index (χ1v) is 11.3. The molecule has 162 valence electrons. The zero-order chi connectivity index (χ0) is 21.7. The van der Waals surface area contributed by atoms with Crippen LogP contribution in [0.1, 0.15) is 27.9 Å². The smallest absolute Gasteiger partial charge is 0.161 e. The van der Waals surface area contributed by atoms with E-state index in [1.165, 1.54) is 39.2 Å². The maximum atomic E-state index is 5.82. The third-order valence-corrected chi connectivity index (χ3v) is 6.89. The van der Waals surface area contributed by atoms with Crippen molar-refractivity contribution >= 4 is 16.7 Å². The molecule has 0 atom stereocenters. The Morgan fingerprint density at radius 3 is 2.62 bits per heavy atom. The first-order valence-electron chi connectivity index (χ1n) is 11.3. The number of fused-ring (bicyclic) bond motifs is 3. The SMILES string of the molecule is Cc1c(C)n(Cc2ccc3c(c2)OCCO3)c2c(N3CCc4ccccc4C3)ccnc12. The summed E-state index contributed by atoms with van der Waals surface area (Å²) in [5.41, 5.74) is 10.2. The van der Waals surface area contributed by atoms with E-state index in [0.717, 1.165) is 43.1 Å². The minimum atomic E-state index is 0.603.